The third-order valence-corrected chi connectivity index (χ3v) is 3.35. The minimum absolute atomic E-state index is 0.179. The SMILES string of the molecule is CCCCCCCCC/C(=N\O)c1ccccc1O. The number of hydrogen-bond acceptors (Lipinski definition) is 3. The van der Waals surface area contributed by atoms with E-state index in [4.69, 9.17) is 5.21 Å². The van der Waals surface area contributed by atoms with Crippen LogP contribution in [0.4, 0.5) is 0 Å². The van der Waals surface area contributed by atoms with E-state index in [-0.39, 0.29) is 5.75 Å². The summed E-state index contributed by atoms with van der Waals surface area (Å²) in [5.74, 6) is 0.179. The van der Waals surface area contributed by atoms with E-state index in [1.165, 1.54) is 32.1 Å². The maximum atomic E-state index is 9.72. The zero-order valence-corrected chi connectivity index (χ0v) is 11.8. The Bertz CT molecular complexity index is 388. The minimum Gasteiger partial charge on any atom is -0.507 e. The van der Waals surface area contributed by atoms with Crippen LogP contribution >= 0.6 is 0 Å². The van der Waals surface area contributed by atoms with Gasteiger partial charge in [-0.25, -0.2) is 0 Å². The van der Waals surface area contributed by atoms with Crippen LogP contribution in [0.25, 0.3) is 0 Å². The molecule has 0 unspecified atom stereocenters. The van der Waals surface area contributed by atoms with Crippen LogP contribution in [0.2, 0.25) is 0 Å². The van der Waals surface area contributed by atoms with Crippen LogP contribution < -0.4 is 0 Å². The molecule has 0 saturated carbocycles. The van der Waals surface area contributed by atoms with Crippen LogP contribution in [0.5, 0.6) is 5.75 Å². The van der Waals surface area contributed by atoms with Gasteiger partial charge in [0, 0.05) is 5.56 Å². The molecule has 0 fully saturated rings. The molecule has 0 aliphatic carbocycles. The van der Waals surface area contributed by atoms with Gasteiger partial charge >= 0.3 is 0 Å². The molecule has 0 saturated heterocycles. The molecule has 0 atom stereocenters. The highest BCUT2D eigenvalue weighted by Crippen LogP contribution is 2.19. The zero-order valence-electron chi connectivity index (χ0n) is 11.8. The summed E-state index contributed by atoms with van der Waals surface area (Å²) in [4.78, 5) is 0. The van der Waals surface area contributed by atoms with Crippen molar-refractivity contribution in [1.82, 2.24) is 0 Å². The van der Waals surface area contributed by atoms with Crippen LogP contribution in [0, 0.1) is 0 Å². The van der Waals surface area contributed by atoms with E-state index in [0.717, 1.165) is 12.8 Å². The molecule has 1 aromatic rings. The van der Waals surface area contributed by atoms with Crippen molar-refractivity contribution in [2.45, 2.75) is 58.3 Å². The standard InChI is InChI=1S/C16H25NO2/c1-2-3-4-5-6-7-8-12-15(17-19)14-11-9-10-13-16(14)18/h9-11,13,18-19H,2-8,12H2,1H3/b17-15+. The van der Waals surface area contributed by atoms with Gasteiger partial charge in [0.05, 0.1) is 5.71 Å². The van der Waals surface area contributed by atoms with E-state index in [1.54, 1.807) is 18.2 Å². The number of aromatic hydroxyl groups is 1. The molecule has 0 amide bonds. The van der Waals surface area contributed by atoms with Gasteiger partial charge in [0.15, 0.2) is 0 Å². The molecule has 0 aliphatic heterocycles. The summed E-state index contributed by atoms with van der Waals surface area (Å²) in [6, 6.07) is 7.00. The second kappa shape index (κ2) is 9.42. The van der Waals surface area contributed by atoms with Gasteiger partial charge < -0.3 is 10.3 Å². The first-order chi connectivity index (χ1) is 9.29. The Hall–Kier alpha value is -1.51. The molecule has 0 heterocycles. The van der Waals surface area contributed by atoms with Gasteiger partial charge in [-0.05, 0) is 25.0 Å². The van der Waals surface area contributed by atoms with Crippen molar-refractivity contribution in [3.8, 4) is 5.75 Å². The van der Waals surface area contributed by atoms with E-state index in [0.29, 0.717) is 17.7 Å². The Morgan fingerprint density at radius 3 is 2.26 bits per heavy atom. The lowest BCUT2D eigenvalue weighted by Crippen LogP contribution is -2.01. The molecule has 0 aromatic heterocycles. The number of nitrogens with zero attached hydrogens (tertiary/aromatic N) is 1. The van der Waals surface area contributed by atoms with Crippen molar-refractivity contribution in [2.75, 3.05) is 0 Å². The quantitative estimate of drug-likeness (QED) is 0.293. The molecule has 0 radical (unpaired) electrons. The summed E-state index contributed by atoms with van der Waals surface area (Å²) < 4.78 is 0. The summed E-state index contributed by atoms with van der Waals surface area (Å²) in [5, 5.41) is 22.1. The van der Waals surface area contributed by atoms with Crippen molar-refractivity contribution in [3.63, 3.8) is 0 Å². The van der Waals surface area contributed by atoms with Crippen LogP contribution in [0.15, 0.2) is 29.4 Å². The van der Waals surface area contributed by atoms with Crippen LogP contribution in [0.1, 0.15) is 63.9 Å². The van der Waals surface area contributed by atoms with Crippen molar-refractivity contribution >= 4 is 5.71 Å². The monoisotopic (exact) mass is 263 g/mol. The smallest absolute Gasteiger partial charge is 0.124 e. The van der Waals surface area contributed by atoms with Gasteiger partial charge in [-0.3, -0.25) is 0 Å². The molecule has 1 rings (SSSR count). The molecule has 1 aromatic carbocycles. The summed E-state index contributed by atoms with van der Waals surface area (Å²) >= 11 is 0. The molecule has 0 spiro atoms. The fourth-order valence-corrected chi connectivity index (χ4v) is 2.21. The summed E-state index contributed by atoms with van der Waals surface area (Å²) in [5.41, 5.74) is 1.21. The molecule has 2 N–H and O–H groups in total. The van der Waals surface area contributed by atoms with Gasteiger partial charge in [-0.1, -0.05) is 62.7 Å². The van der Waals surface area contributed by atoms with E-state index in [1.807, 2.05) is 6.07 Å². The molecule has 0 aliphatic rings. The van der Waals surface area contributed by atoms with Gasteiger partial charge in [0.2, 0.25) is 0 Å². The number of rotatable bonds is 9. The highest BCUT2D eigenvalue weighted by molar-refractivity contribution is 6.02. The maximum Gasteiger partial charge on any atom is 0.124 e. The number of benzene rings is 1. The van der Waals surface area contributed by atoms with Crippen LogP contribution in [-0.4, -0.2) is 16.0 Å². The van der Waals surface area contributed by atoms with E-state index in [9.17, 15) is 5.11 Å². The second-order valence-electron chi connectivity index (χ2n) is 4.94. The Labute approximate surface area is 116 Å². The largest absolute Gasteiger partial charge is 0.507 e. The Kier molecular flexibility index (Phi) is 7.71. The molecule has 19 heavy (non-hydrogen) atoms. The maximum absolute atomic E-state index is 9.72. The summed E-state index contributed by atoms with van der Waals surface area (Å²) in [7, 11) is 0. The summed E-state index contributed by atoms with van der Waals surface area (Å²) in [6.07, 6.45) is 9.29. The first-order valence-corrected chi connectivity index (χ1v) is 7.29. The fourth-order valence-electron chi connectivity index (χ4n) is 2.21. The van der Waals surface area contributed by atoms with Crippen LogP contribution in [0.3, 0.4) is 0 Å². The summed E-state index contributed by atoms with van der Waals surface area (Å²) in [6.45, 7) is 2.22. The van der Waals surface area contributed by atoms with Crippen molar-refractivity contribution in [1.29, 1.82) is 0 Å². The van der Waals surface area contributed by atoms with E-state index < -0.39 is 0 Å². The fraction of sp³-hybridized carbons (Fsp3) is 0.562. The molecule has 3 nitrogen and oxygen atoms in total. The average molecular weight is 263 g/mol. The lowest BCUT2D eigenvalue weighted by atomic mass is 10.0. The second-order valence-corrected chi connectivity index (χ2v) is 4.94. The van der Waals surface area contributed by atoms with E-state index >= 15 is 0 Å². The number of para-hydroxylation sites is 1. The molecule has 3 heteroatoms. The van der Waals surface area contributed by atoms with Gasteiger partial charge in [0.25, 0.3) is 0 Å². The predicted molar refractivity (Wildman–Crippen MR) is 79.0 cm³/mol. The number of phenolic OH excluding ortho intramolecular Hbond substituents is 1. The first-order valence-electron chi connectivity index (χ1n) is 7.29. The van der Waals surface area contributed by atoms with Gasteiger partial charge in [0.1, 0.15) is 5.75 Å². The third kappa shape index (κ3) is 5.77. The normalized spacial score (nSPS) is 11.7. The van der Waals surface area contributed by atoms with Crippen LogP contribution in [-0.2, 0) is 0 Å². The molecular formula is C16H25NO2. The lowest BCUT2D eigenvalue weighted by Gasteiger charge is -2.06. The Morgan fingerprint density at radius 1 is 1.00 bits per heavy atom. The number of oxime groups is 1. The average Bonchev–Trinajstić information content (AvgIpc) is 2.43. The molecular weight excluding hydrogens is 238 g/mol. The Morgan fingerprint density at radius 2 is 1.63 bits per heavy atom. The molecule has 106 valence electrons. The first kappa shape index (κ1) is 15.5. The Balaban J connectivity index is 2.29. The number of hydrogen-bond donors (Lipinski definition) is 2. The number of phenols is 1. The van der Waals surface area contributed by atoms with Gasteiger partial charge in [-0.2, -0.15) is 0 Å². The van der Waals surface area contributed by atoms with Crippen molar-refractivity contribution in [2.24, 2.45) is 5.16 Å². The highest BCUT2D eigenvalue weighted by Gasteiger charge is 2.08. The molecule has 0 bridgehead atoms. The van der Waals surface area contributed by atoms with E-state index in [2.05, 4.69) is 12.1 Å². The van der Waals surface area contributed by atoms with Crippen molar-refractivity contribution in [3.05, 3.63) is 29.8 Å². The minimum atomic E-state index is 0.179. The van der Waals surface area contributed by atoms with Gasteiger partial charge in [-0.15, -0.1) is 0 Å². The topological polar surface area (TPSA) is 52.8 Å². The predicted octanol–water partition coefficient (Wildman–Crippen LogP) is 4.71. The number of unbranched alkanes of at least 4 members (excludes halogenated alkanes) is 6. The van der Waals surface area contributed by atoms with Crippen molar-refractivity contribution < 1.29 is 10.3 Å². The zero-order chi connectivity index (χ0) is 13.9. The third-order valence-electron chi connectivity index (χ3n) is 3.35. The highest BCUT2D eigenvalue weighted by atomic mass is 16.4. The lowest BCUT2D eigenvalue weighted by molar-refractivity contribution is 0.317.